The van der Waals surface area contributed by atoms with Crippen LogP contribution in [0, 0.1) is 0 Å². The number of carbonyl (C=O) groups is 1. The number of ether oxygens (including phenoxy) is 4. The smallest absolute Gasteiger partial charge is 0.270 e. The van der Waals surface area contributed by atoms with Crippen LogP contribution in [0.15, 0.2) is 41.8 Å². The third-order valence-corrected chi connectivity index (χ3v) is 7.87. The van der Waals surface area contributed by atoms with Crippen LogP contribution in [0.3, 0.4) is 0 Å². The summed E-state index contributed by atoms with van der Waals surface area (Å²) in [7, 11) is 3.31. The average molecular weight is 553 g/mol. The van der Waals surface area contributed by atoms with Gasteiger partial charge in [0.15, 0.2) is 11.5 Å². The van der Waals surface area contributed by atoms with Crippen LogP contribution >= 0.6 is 11.3 Å². The number of rotatable bonds is 12. The number of amides is 1. The van der Waals surface area contributed by atoms with Gasteiger partial charge in [-0.05, 0) is 49.7 Å². The van der Waals surface area contributed by atoms with Crippen molar-refractivity contribution in [1.29, 1.82) is 0 Å². The van der Waals surface area contributed by atoms with Crippen molar-refractivity contribution in [2.24, 2.45) is 0 Å². The first-order chi connectivity index (χ1) is 19.1. The normalized spacial score (nSPS) is 14.9. The minimum absolute atomic E-state index is 0.117. The molecule has 1 fully saturated rings. The molecule has 5 rings (SSSR count). The molecule has 0 atom stereocenters. The summed E-state index contributed by atoms with van der Waals surface area (Å²) >= 11 is 1.51. The van der Waals surface area contributed by atoms with E-state index in [4.69, 9.17) is 18.9 Å². The summed E-state index contributed by atoms with van der Waals surface area (Å²) < 4.78 is 22.1. The summed E-state index contributed by atoms with van der Waals surface area (Å²) in [6, 6.07) is 11.9. The molecule has 0 unspecified atom stereocenters. The number of thiazole rings is 1. The Morgan fingerprint density at radius 2 is 1.87 bits per heavy atom. The molecular formula is C29H36N4O5S. The Hall–Kier alpha value is -3.34. The molecule has 3 heterocycles. The molecule has 10 heteroatoms. The van der Waals surface area contributed by atoms with Crippen molar-refractivity contribution in [2.45, 2.75) is 38.9 Å². The van der Waals surface area contributed by atoms with Crippen molar-refractivity contribution in [3.8, 4) is 23.0 Å². The van der Waals surface area contributed by atoms with Gasteiger partial charge >= 0.3 is 0 Å². The van der Waals surface area contributed by atoms with Crippen molar-refractivity contribution in [3.63, 3.8) is 0 Å². The van der Waals surface area contributed by atoms with Crippen molar-refractivity contribution >= 4 is 17.2 Å². The molecule has 2 aliphatic rings. The number of nitrogens with zero attached hydrogens (tertiary/aromatic N) is 3. The molecule has 0 bridgehead atoms. The molecule has 0 spiro atoms. The number of hydrogen-bond acceptors (Lipinski definition) is 9. The van der Waals surface area contributed by atoms with Gasteiger partial charge in [-0.1, -0.05) is 18.6 Å². The average Bonchev–Trinajstić information content (AvgIpc) is 3.63. The predicted molar refractivity (Wildman–Crippen MR) is 150 cm³/mol. The van der Waals surface area contributed by atoms with Crippen LogP contribution in [0.2, 0.25) is 0 Å². The molecule has 39 heavy (non-hydrogen) atoms. The van der Waals surface area contributed by atoms with Crippen molar-refractivity contribution < 1.29 is 23.7 Å². The van der Waals surface area contributed by atoms with Gasteiger partial charge in [0.1, 0.15) is 22.2 Å². The molecule has 1 aromatic heterocycles. The monoisotopic (exact) mass is 552 g/mol. The first kappa shape index (κ1) is 27.2. The molecule has 1 N–H and O–H groups in total. The van der Waals surface area contributed by atoms with E-state index in [9.17, 15) is 4.79 Å². The van der Waals surface area contributed by atoms with E-state index in [-0.39, 0.29) is 12.7 Å². The molecule has 9 nitrogen and oxygen atoms in total. The first-order valence-electron chi connectivity index (χ1n) is 13.4. The van der Waals surface area contributed by atoms with E-state index in [1.165, 1.54) is 30.6 Å². The van der Waals surface area contributed by atoms with Gasteiger partial charge in [0.05, 0.1) is 20.8 Å². The number of carbonyl (C=O) groups excluding carboxylic acids is 1. The zero-order valence-electron chi connectivity index (χ0n) is 22.6. The van der Waals surface area contributed by atoms with Crippen molar-refractivity contribution in [1.82, 2.24) is 20.1 Å². The van der Waals surface area contributed by atoms with Crippen LogP contribution < -0.4 is 24.3 Å². The molecule has 2 aromatic carbocycles. The largest absolute Gasteiger partial charge is 0.497 e. The zero-order valence-corrected chi connectivity index (χ0v) is 23.4. The standard InChI is InChI=1S/C29H36N4O5S/c1-35-23-8-7-22(26(15-23)36-2)17-33(16-21-6-9-25-27(14-21)38-20-37-25)18-28-31-24(19-39-28)29(34)30-10-13-32-11-4-3-5-12-32/h6-9,14-15,19H,3-5,10-13,16-18,20H2,1-2H3,(H,30,34). The number of piperidine rings is 1. The van der Waals surface area contributed by atoms with E-state index in [1.807, 2.05) is 35.7 Å². The Morgan fingerprint density at radius 3 is 2.69 bits per heavy atom. The number of aromatic nitrogens is 1. The van der Waals surface area contributed by atoms with Gasteiger partial charge in [-0.3, -0.25) is 9.69 Å². The zero-order chi connectivity index (χ0) is 27.0. The van der Waals surface area contributed by atoms with Crippen LogP contribution in [0.1, 0.15) is 45.9 Å². The number of methoxy groups -OCH3 is 2. The van der Waals surface area contributed by atoms with E-state index in [1.54, 1.807) is 14.2 Å². The highest BCUT2D eigenvalue weighted by atomic mass is 32.1. The molecule has 2 aliphatic heterocycles. The van der Waals surface area contributed by atoms with E-state index in [0.717, 1.165) is 58.8 Å². The molecule has 0 saturated carbocycles. The lowest BCUT2D eigenvalue weighted by Gasteiger charge is -2.26. The van der Waals surface area contributed by atoms with Crippen molar-refractivity contribution in [2.75, 3.05) is 47.2 Å². The number of fused-ring (bicyclic) bond motifs is 1. The number of likely N-dealkylation sites (tertiary alicyclic amines) is 1. The number of benzene rings is 2. The number of nitrogens with one attached hydrogen (secondary N) is 1. The van der Waals surface area contributed by atoms with Gasteiger partial charge in [-0.15, -0.1) is 11.3 Å². The topological polar surface area (TPSA) is 85.4 Å². The Kier molecular flexibility index (Phi) is 9.18. The maximum Gasteiger partial charge on any atom is 0.270 e. The van der Waals surface area contributed by atoms with E-state index in [0.29, 0.717) is 31.9 Å². The maximum atomic E-state index is 12.8. The van der Waals surface area contributed by atoms with Gasteiger partial charge in [-0.25, -0.2) is 4.98 Å². The van der Waals surface area contributed by atoms with Gasteiger partial charge in [0.25, 0.3) is 5.91 Å². The summed E-state index contributed by atoms with van der Waals surface area (Å²) in [4.78, 5) is 22.1. The lowest BCUT2D eigenvalue weighted by atomic mass is 10.1. The lowest BCUT2D eigenvalue weighted by Crippen LogP contribution is -2.37. The SMILES string of the molecule is COc1ccc(CN(Cc2ccc3c(c2)OCO3)Cc2nc(C(=O)NCCN3CCCCC3)cs2)c(OC)c1. The summed E-state index contributed by atoms with van der Waals surface area (Å²) in [5, 5.41) is 5.76. The van der Waals surface area contributed by atoms with Crippen LogP contribution in [0.25, 0.3) is 0 Å². The van der Waals surface area contributed by atoms with E-state index < -0.39 is 0 Å². The summed E-state index contributed by atoms with van der Waals surface area (Å²) in [6.45, 7) is 5.86. The van der Waals surface area contributed by atoms with Crippen LogP contribution in [0.5, 0.6) is 23.0 Å². The Bertz CT molecular complexity index is 1260. The van der Waals surface area contributed by atoms with Crippen molar-refractivity contribution in [3.05, 3.63) is 63.6 Å². The van der Waals surface area contributed by atoms with E-state index in [2.05, 4.69) is 26.2 Å². The fourth-order valence-electron chi connectivity index (χ4n) is 4.97. The fourth-order valence-corrected chi connectivity index (χ4v) is 5.78. The van der Waals surface area contributed by atoms with Gasteiger partial charge in [-0.2, -0.15) is 0 Å². The third-order valence-electron chi connectivity index (χ3n) is 7.04. The maximum absolute atomic E-state index is 12.8. The van der Waals surface area contributed by atoms with Gasteiger partial charge < -0.3 is 29.2 Å². The molecule has 208 valence electrons. The van der Waals surface area contributed by atoms with Crippen LogP contribution in [-0.2, 0) is 19.6 Å². The second-order valence-corrected chi connectivity index (χ2v) is 10.7. The summed E-state index contributed by atoms with van der Waals surface area (Å²) in [6.07, 6.45) is 3.80. The van der Waals surface area contributed by atoms with Gasteiger partial charge in [0, 0.05) is 43.2 Å². The van der Waals surface area contributed by atoms with E-state index >= 15 is 0 Å². The molecular weight excluding hydrogens is 516 g/mol. The Labute approximate surface area is 233 Å². The highest BCUT2D eigenvalue weighted by Crippen LogP contribution is 2.33. The minimum atomic E-state index is -0.117. The number of hydrogen-bond donors (Lipinski definition) is 1. The second kappa shape index (κ2) is 13.1. The third kappa shape index (κ3) is 7.20. The fraction of sp³-hybridized carbons (Fsp3) is 0.448. The second-order valence-electron chi connectivity index (χ2n) is 9.80. The first-order valence-corrected chi connectivity index (χ1v) is 14.3. The minimum Gasteiger partial charge on any atom is -0.497 e. The summed E-state index contributed by atoms with van der Waals surface area (Å²) in [5.41, 5.74) is 2.60. The molecule has 3 aromatic rings. The highest BCUT2D eigenvalue weighted by Gasteiger charge is 2.19. The quantitative estimate of drug-likeness (QED) is 0.356. The van der Waals surface area contributed by atoms with Crippen LogP contribution in [-0.4, -0.2) is 67.9 Å². The predicted octanol–water partition coefficient (Wildman–Crippen LogP) is 4.31. The molecule has 1 amide bonds. The highest BCUT2D eigenvalue weighted by molar-refractivity contribution is 7.09. The van der Waals surface area contributed by atoms with Crippen LogP contribution in [0.4, 0.5) is 0 Å². The molecule has 0 radical (unpaired) electrons. The Morgan fingerprint density at radius 1 is 1.03 bits per heavy atom. The molecule has 1 saturated heterocycles. The lowest BCUT2D eigenvalue weighted by molar-refractivity contribution is 0.0942. The Balaban J connectivity index is 1.27. The van der Waals surface area contributed by atoms with Gasteiger partial charge in [0.2, 0.25) is 6.79 Å². The molecule has 0 aliphatic carbocycles. The summed E-state index contributed by atoms with van der Waals surface area (Å²) in [5.74, 6) is 2.91.